The third kappa shape index (κ3) is 4.34. The maximum Gasteiger partial charge on any atom is 0.210 e. The number of anilines is 1. The number of aromatic nitrogens is 2. The molecule has 0 saturated heterocycles. The standard InChI is InChI=1S/C8H14N6O/c1-15-3-2-12-8(14-9)13-7-4-10-6-11-5-7/h4-6H,2-3,9H2,1H3,(H2,12,13,14). The minimum atomic E-state index is 0.446. The highest BCUT2D eigenvalue weighted by atomic mass is 16.5. The Balaban J connectivity index is 2.50. The molecule has 4 N–H and O–H groups in total. The van der Waals surface area contributed by atoms with Crippen LogP contribution in [0.15, 0.2) is 23.7 Å². The molecule has 1 heterocycles. The summed E-state index contributed by atoms with van der Waals surface area (Å²) in [5.41, 5.74) is 3.15. The Kier molecular flexibility index (Phi) is 5.06. The van der Waals surface area contributed by atoms with E-state index in [2.05, 4.69) is 25.7 Å². The van der Waals surface area contributed by atoms with Crippen LogP contribution < -0.4 is 16.6 Å². The Hall–Kier alpha value is -1.73. The van der Waals surface area contributed by atoms with Crippen molar-refractivity contribution in [2.24, 2.45) is 10.8 Å². The van der Waals surface area contributed by atoms with Crippen LogP contribution in [0.25, 0.3) is 0 Å². The maximum atomic E-state index is 5.28. The van der Waals surface area contributed by atoms with Crippen molar-refractivity contribution in [2.45, 2.75) is 0 Å². The molecular weight excluding hydrogens is 196 g/mol. The van der Waals surface area contributed by atoms with Crippen molar-refractivity contribution in [2.75, 3.05) is 25.6 Å². The first-order valence-corrected chi connectivity index (χ1v) is 4.39. The van der Waals surface area contributed by atoms with Gasteiger partial charge in [-0.2, -0.15) is 0 Å². The second-order valence-corrected chi connectivity index (χ2v) is 2.62. The topological polar surface area (TPSA) is 97.5 Å². The molecule has 82 valence electrons. The molecule has 15 heavy (non-hydrogen) atoms. The number of hydrazine groups is 1. The van der Waals surface area contributed by atoms with Gasteiger partial charge in [-0.1, -0.05) is 0 Å². The molecule has 0 aliphatic carbocycles. The van der Waals surface area contributed by atoms with E-state index < -0.39 is 0 Å². The lowest BCUT2D eigenvalue weighted by molar-refractivity contribution is 0.208. The number of nitrogens with one attached hydrogen (secondary N) is 2. The average molecular weight is 210 g/mol. The first-order chi connectivity index (χ1) is 7.36. The lowest BCUT2D eigenvalue weighted by Crippen LogP contribution is -2.36. The van der Waals surface area contributed by atoms with Crippen molar-refractivity contribution in [3.63, 3.8) is 0 Å². The molecule has 0 aromatic carbocycles. The number of aliphatic imine (C=N–C) groups is 1. The van der Waals surface area contributed by atoms with Crippen molar-refractivity contribution >= 4 is 11.6 Å². The Morgan fingerprint density at radius 2 is 2.27 bits per heavy atom. The summed E-state index contributed by atoms with van der Waals surface area (Å²) in [6.45, 7) is 1.06. The molecule has 0 fully saturated rings. The monoisotopic (exact) mass is 210 g/mol. The van der Waals surface area contributed by atoms with Crippen LogP contribution in [0.1, 0.15) is 0 Å². The average Bonchev–Trinajstić information content (AvgIpc) is 2.29. The highest BCUT2D eigenvalue weighted by molar-refractivity contribution is 5.92. The van der Waals surface area contributed by atoms with Gasteiger partial charge in [-0.25, -0.2) is 20.8 Å². The van der Waals surface area contributed by atoms with Gasteiger partial charge in [0.2, 0.25) is 5.96 Å². The van der Waals surface area contributed by atoms with Gasteiger partial charge in [0.1, 0.15) is 6.33 Å². The van der Waals surface area contributed by atoms with Crippen LogP contribution in [0, 0.1) is 0 Å². The third-order valence-corrected chi connectivity index (χ3v) is 1.53. The third-order valence-electron chi connectivity index (χ3n) is 1.53. The fourth-order valence-corrected chi connectivity index (χ4v) is 0.870. The van der Waals surface area contributed by atoms with E-state index >= 15 is 0 Å². The van der Waals surface area contributed by atoms with Gasteiger partial charge in [-0.15, -0.1) is 0 Å². The molecule has 0 saturated carbocycles. The van der Waals surface area contributed by atoms with Gasteiger partial charge in [0.25, 0.3) is 0 Å². The summed E-state index contributed by atoms with van der Waals surface area (Å²) < 4.78 is 4.86. The normalized spacial score (nSPS) is 11.2. The van der Waals surface area contributed by atoms with Crippen molar-refractivity contribution < 1.29 is 4.74 Å². The smallest absolute Gasteiger partial charge is 0.210 e. The van der Waals surface area contributed by atoms with E-state index in [4.69, 9.17) is 10.6 Å². The Labute approximate surface area is 87.7 Å². The van der Waals surface area contributed by atoms with Crippen LogP contribution in [0.2, 0.25) is 0 Å². The van der Waals surface area contributed by atoms with Gasteiger partial charge in [0.15, 0.2) is 0 Å². The SMILES string of the molecule is COCCN=C(NN)Nc1cncnc1. The zero-order valence-electron chi connectivity index (χ0n) is 8.47. The zero-order valence-corrected chi connectivity index (χ0v) is 8.47. The van der Waals surface area contributed by atoms with Gasteiger partial charge in [-0.05, 0) is 0 Å². The summed E-state index contributed by atoms with van der Waals surface area (Å²) >= 11 is 0. The van der Waals surface area contributed by atoms with Crippen LogP contribution in [0.4, 0.5) is 5.69 Å². The van der Waals surface area contributed by atoms with Crippen molar-refractivity contribution in [1.82, 2.24) is 15.4 Å². The first kappa shape index (κ1) is 11.3. The summed E-state index contributed by atoms with van der Waals surface area (Å²) in [5.74, 6) is 5.72. The van der Waals surface area contributed by atoms with Crippen molar-refractivity contribution in [1.29, 1.82) is 0 Å². The second-order valence-electron chi connectivity index (χ2n) is 2.62. The predicted molar refractivity (Wildman–Crippen MR) is 57.2 cm³/mol. The molecule has 1 rings (SSSR count). The van der Waals surface area contributed by atoms with E-state index in [0.29, 0.717) is 24.8 Å². The molecule has 1 aromatic rings. The van der Waals surface area contributed by atoms with Gasteiger partial charge in [0.05, 0.1) is 31.2 Å². The maximum absolute atomic E-state index is 5.28. The molecule has 7 nitrogen and oxygen atoms in total. The fraction of sp³-hybridized carbons (Fsp3) is 0.375. The lowest BCUT2D eigenvalue weighted by Gasteiger charge is -2.07. The van der Waals surface area contributed by atoms with Crippen LogP contribution in [0.5, 0.6) is 0 Å². The minimum absolute atomic E-state index is 0.446. The zero-order chi connectivity index (χ0) is 10.9. The first-order valence-electron chi connectivity index (χ1n) is 4.39. The molecule has 0 unspecified atom stereocenters. The summed E-state index contributed by atoms with van der Waals surface area (Å²) in [6.07, 6.45) is 4.69. The molecular formula is C8H14N6O. The molecule has 1 aromatic heterocycles. The Morgan fingerprint density at radius 1 is 1.53 bits per heavy atom. The van der Waals surface area contributed by atoms with Crippen LogP contribution >= 0.6 is 0 Å². The summed E-state index contributed by atoms with van der Waals surface area (Å²) in [5, 5.41) is 2.92. The highest BCUT2D eigenvalue weighted by Gasteiger charge is 1.96. The van der Waals surface area contributed by atoms with E-state index in [-0.39, 0.29) is 0 Å². The number of ether oxygens (including phenoxy) is 1. The molecule has 0 bridgehead atoms. The van der Waals surface area contributed by atoms with Gasteiger partial charge >= 0.3 is 0 Å². The summed E-state index contributed by atoms with van der Waals surface area (Å²) in [7, 11) is 1.61. The fourth-order valence-electron chi connectivity index (χ4n) is 0.870. The predicted octanol–water partition coefficient (Wildman–Crippen LogP) is -0.646. The van der Waals surface area contributed by atoms with Gasteiger partial charge in [0, 0.05) is 7.11 Å². The number of nitrogens with two attached hydrogens (primary N) is 1. The molecule has 0 aliphatic rings. The largest absolute Gasteiger partial charge is 0.383 e. The Bertz CT molecular complexity index is 301. The van der Waals surface area contributed by atoms with E-state index in [1.165, 1.54) is 6.33 Å². The molecule has 0 atom stereocenters. The number of guanidine groups is 1. The number of hydrogen-bond acceptors (Lipinski definition) is 5. The minimum Gasteiger partial charge on any atom is -0.383 e. The Morgan fingerprint density at radius 3 is 2.87 bits per heavy atom. The molecule has 0 amide bonds. The molecule has 0 aliphatic heterocycles. The van der Waals surface area contributed by atoms with Crippen LogP contribution in [-0.4, -0.2) is 36.2 Å². The van der Waals surface area contributed by atoms with Crippen LogP contribution in [0.3, 0.4) is 0 Å². The highest BCUT2D eigenvalue weighted by Crippen LogP contribution is 1.98. The van der Waals surface area contributed by atoms with Gasteiger partial charge in [-0.3, -0.25) is 5.43 Å². The van der Waals surface area contributed by atoms with E-state index in [0.717, 1.165) is 0 Å². The van der Waals surface area contributed by atoms with Gasteiger partial charge < -0.3 is 10.1 Å². The van der Waals surface area contributed by atoms with E-state index in [1.54, 1.807) is 19.5 Å². The number of hydrogen-bond donors (Lipinski definition) is 3. The number of rotatable bonds is 4. The van der Waals surface area contributed by atoms with E-state index in [1.807, 2.05) is 0 Å². The molecule has 0 radical (unpaired) electrons. The number of methoxy groups -OCH3 is 1. The number of nitrogens with zero attached hydrogens (tertiary/aromatic N) is 3. The molecule has 0 spiro atoms. The second kappa shape index (κ2) is 6.68. The lowest BCUT2D eigenvalue weighted by atomic mass is 10.5. The quantitative estimate of drug-likeness (QED) is 0.201. The molecule has 7 heteroatoms. The van der Waals surface area contributed by atoms with Crippen LogP contribution in [-0.2, 0) is 4.74 Å². The summed E-state index contributed by atoms with van der Waals surface area (Å²) in [4.78, 5) is 11.8. The van der Waals surface area contributed by atoms with E-state index in [9.17, 15) is 0 Å². The van der Waals surface area contributed by atoms with Crippen molar-refractivity contribution in [3.05, 3.63) is 18.7 Å². The summed E-state index contributed by atoms with van der Waals surface area (Å²) in [6, 6.07) is 0. The van der Waals surface area contributed by atoms with Crippen molar-refractivity contribution in [3.8, 4) is 0 Å².